The maximum absolute atomic E-state index is 11.8. The Labute approximate surface area is 122 Å². The van der Waals surface area contributed by atoms with E-state index in [1.807, 2.05) is 0 Å². The highest BCUT2D eigenvalue weighted by molar-refractivity contribution is 7.17. The van der Waals surface area contributed by atoms with E-state index < -0.39 is 23.3 Å². The van der Waals surface area contributed by atoms with E-state index in [0.29, 0.717) is 10.0 Å². The molecule has 0 aliphatic heterocycles. The fourth-order valence-electron chi connectivity index (χ4n) is 1.15. The van der Waals surface area contributed by atoms with Crippen LogP contribution in [0.5, 0.6) is 0 Å². The normalized spacial score (nSPS) is 11.9. The molecule has 0 aromatic carbocycles. The predicted octanol–water partition coefficient (Wildman–Crippen LogP) is 3.45. The Balaban J connectivity index is 2.64. The smallest absolute Gasteiger partial charge is 0.413 e. The molecule has 6 nitrogen and oxygen atoms in total. The van der Waals surface area contributed by atoms with Gasteiger partial charge in [-0.1, -0.05) is 11.3 Å². The van der Waals surface area contributed by atoms with Gasteiger partial charge < -0.3 is 9.47 Å². The Hall–Kier alpha value is -1.63. The predicted molar refractivity (Wildman–Crippen MR) is 77.1 cm³/mol. The summed E-state index contributed by atoms with van der Waals surface area (Å²) in [5.41, 5.74) is -1.16. The van der Waals surface area contributed by atoms with E-state index in [9.17, 15) is 9.59 Å². The minimum absolute atomic E-state index is 0.292. The van der Waals surface area contributed by atoms with Gasteiger partial charge in [-0.05, 0) is 41.5 Å². The molecule has 0 saturated heterocycles. The van der Waals surface area contributed by atoms with Gasteiger partial charge in [-0.2, -0.15) is 0 Å². The third-order valence-corrected chi connectivity index (χ3v) is 2.61. The van der Waals surface area contributed by atoms with Gasteiger partial charge in [0.25, 0.3) is 0 Å². The molecule has 7 heteroatoms. The van der Waals surface area contributed by atoms with Gasteiger partial charge in [0.1, 0.15) is 16.1 Å². The van der Waals surface area contributed by atoms with E-state index in [0.717, 1.165) is 11.3 Å². The number of esters is 1. The molecule has 0 aliphatic carbocycles. The molecule has 1 aromatic heterocycles. The number of thiazole rings is 1. The van der Waals surface area contributed by atoms with E-state index in [1.54, 1.807) is 41.5 Å². The maximum Gasteiger partial charge on any atom is 0.413 e. The number of anilines is 1. The van der Waals surface area contributed by atoms with Gasteiger partial charge in [0.2, 0.25) is 0 Å². The Morgan fingerprint density at radius 1 is 1.10 bits per heavy atom. The summed E-state index contributed by atoms with van der Waals surface area (Å²) in [6.07, 6.45) is 0.758. The largest absolute Gasteiger partial charge is 0.456 e. The van der Waals surface area contributed by atoms with Crippen LogP contribution < -0.4 is 5.32 Å². The van der Waals surface area contributed by atoms with Crippen molar-refractivity contribution >= 4 is 28.5 Å². The Morgan fingerprint density at radius 2 is 1.65 bits per heavy atom. The number of carbonyl (C=O) groups is 2. The molecule has 0 fully saturated rings. The number of hydrogen-bond acceptors (Lipinski definition) is 6. The van der Waals surface area contributed by atoms with E-state index in [1.165, 1.54) is 6.20 Å². The topological polar surface area (TPSA) is 77.5 Å². The highest BCUT2D eigenvalue weighted by atomic mass is 32.1. The van der Waals surface area contributed by atoms with Crippen molar-refractivity contribution in [2.24, 2.45) is 0 Å². The first-order valence-corrected chi connectivity index (χ1v) is 6.97. The van der Waals surface area contributed by atoms with Gasteiger partial charge >= 0.3 is 12.1 Å². The van der Waals surface area contributed by atoms with Crippen LogP contribution in [0.25, 0.3) is 0 Å². The first-order valence-electron chi connectivity index (χ1n) is 6.15. The molecule has 112 valence electrons. The zero-order chi connectivity index (χ0) is 15.6. The van der Waals surface area contributed by atoms with Crippen molar-refractivity contribution in [3.05, 3.63) is 11.1 Å². The molecule has 1 amide bonds. The summed E-state index contributed by atoms with van der Waals surface area (Å²) in [5.74, 6) is -0.466. The van der Waals surface area contributed by atoms with E-state index in [2.05, 4.69) is 10.3 Å². The fraction of sp³-hybridized carbons (Fsp3) is 0.615. The Morgan fingerprint density at radius 3 is 2.15 bits per heavy atom. The van der Waals surface area contributed by atoms with Gasteiger partial charge in [-0.15, -0.1) is 0 Å². The van der Waals surface area contributed by atoms with Crippen LogP contribution in [0.1, 0.15) is 51.2 Å². The van der Waals surface area contributed by atoms with Crippen molar-refractivity contribution in [3.8, 4) is 0 Å². The second-order valence-electron chi connectivity index (χ2n) is 6.16. The molecule has 1 rings (SSSR count). The summed E-state index contributed by atoms with van der Waals surface area (Å²) in [7, 11) is 0. The van der Waals surface area contributed by atoms with Crippen LogP contribution >= 0.6 is 11.3 Å². The average Bonchev–Trinajstić information content (AvgIpc) is 2.59. The number of nitrogens with zero attached hydrogens (tertiary/aromatic N) is 1. The van der Waals surface area contributed by atoms with E-state index in [4.69, 9.17) is 9.47 Å². The minimum atomic E-state index is -0.609. The zero-order valence-electron chi connectivity index (χ0n) is 12.6. The van der Waals surface area contributed by atoms with Crippen molar-refractivity contribution in [1.29, 1.82) is 0 Å². The van der Waals surface area contributed by atoms with E-state index >= 15 is 0 Å². The van der Waals surface area contributed by atoms with Crippen LogP contribution in [0.15, 0.2) is 6.20 Å². The van der Waals surface area contributed by atoms with Crippen LogP contribution in [0.3, 0.4) is 0 Å². The number of aromatic nitrogens is 1. The highest BCUT2D eigenvalue weighted by Gasteiger charge is 2.21. The van der Waals surface area contributed by atoms with Crippen LogP contribution in [0.4, 0.5) is 9.93 Å². The number of rotatable bonds is 2. The summed E-state index contributed by atoms with van der Waals surface area (Å²) < 4.78 is 10.3. The van der Waals surface area contributed by atoms with Gasteiger partial charge in [0.05, 0.1) is 6.20 Å². The number of nitrogens with one attached hydrogen (secondary N) is 1. The third kappa shape index (κ3) is 6.01. The zero-order valence-corrected chi connectivity index (χ0v) is 13.4. The molecule has 0 spiro atoms. The molecule has 1 aromatic rings. The maximum atomic E-state index is 11.8. The summed E-state index contributed by atoms with van der Waals surface area (Å²) in [6, 6.07) is 0. The monoisotopic (exact) mass is 300 g/mol. The second-order valence-corrected chi connectivity index (χ2v) is 7.19. The van der Waals surface area contributed by atoms with Gasteiger partial charge in [0, 0.05) is 0 Å². The molecule has 0 saturated carbocycles. The molecule has 0 aliphatic rings. The van der Waals surface area contributed by atoms with Crippen molar-refractivity contribution in [3.63, 3.8) is 0 Å². The van der Waals surface area contributed by atoms with Crippen LogP contribution in [0.2, 0.25) is 0 Å². The molecule has 0 radical (unpaired) electrons. The van der Waals surface area contributed by atoms with Crippen LogP contribution in [-0.2, 0) is 9.47 Å². The molecule has 1 N–H and O–H groups in total. The molecule has 1 heterocycles. The Kier molecular flexibility index (Phi) is 4.75. The second kappa shape index (κ2) is 5.78. The minimum Gasteiger partial charge on any atom is -0.456 e. The molecule has 0 atom stereocenters. The fourth-order valence-corrected chi connectivity index (χ4v) is 1.82. The highest BCUT2D eigenvalue weighted by Crippen LogP contribution is 2.22. The summed E-state index contributed by atoms with van der Waals surface area (Å²) in [5, 5.41) is 2.77. The van der Waals surface area contributed by atoms with Crippen molar-refractivity contribution in [2.45, 2.75) is 52.7 Å². The lowest BCUT2D eigenvalue weighted by atomic mass is 10.2. The number of carbonyl (C=O) groups excluding carboxylic acids is 2. The summed E-state index contributed by atoms with van der Waals surface area (Å²) in [6.45, 7) is 10.6. The molecular weight excluding hydrogens is 280 g/mol. The summed E-state index contributed by atoms with van der Waals surface area (Å²) >= 11 is 1.04. The lowest BCUT2D eigenvalue weighted by Crippen LogP contribution is -2.27. The van der Waals surface area contributed by atoms with Gasteiger partial charge in [-0.25, -0.2) is 14.6 Å². The number of hydrogen-bond donors (Lipinski definition) is 1. The first kappa shape index (κ1) is 16.4. The lowest BCUT2D eigenvalue weighted by Gasteiger charge is -2.19. The van der Waals surface area contributed by atoms with Gasteiger partial charge in [-0.3, -0.25) is 5.32 Å². The molecule has 0 bridgehead atoms. The molecular formula is C13H20N2O4S. The Bertz CT molecular complexity index is 497. The molecule has 20 heavy (non-hydrogen) atoms. The van der Waals surface area contributed by atoms with Crippen molar-refractivity contribution < 1.29 is 19.1 Å². The van der Waals surface area contributed by atoms with Crippen molar-refractivity contribution in [1.82, 2.24) is 4.98 Å². The average molecular weight is 300 g/mol. The quantitative estimate of drug-likeness (QED) is 0.846. The summed E-state index contributed by atoms with van der Waals surface area (Å²) in [4.78, 5) is 27.6. The van der Waals surface area contributed by atoms with Crippen LogP contribution in [-0.4, -0.2) is 28.2 Å². The third-order valence-electron chi connectivity index (χ3n) is 1.71. The standard InChI is InChI=1S/C13H20N2O4S/c1-12(2,3)18-9(16)8-7-14-10(20-8)15-11(17)19-13(4,5)6/h7H,1-6H3,(H,14,15,17). The first-order chi connectivity index (χ1) is 8.96. The number of ether oxygens (including phenoxy) is 2. The van der Waals surface area contributed by atoms with Crippen molar-refractivity contribution in [2.75, 3.05) is 5.32 Å². The van der Waals surface area contributed by atoms with Crippen LogP contribution in [0, 0.1) is 0 Å². The van der Waals surface area contributed by atoms with E-state index in [-0.39, 0.29) is 0 Å². The lowest BCUT2D eigenvalue weighted by molar-refractivity contribution is 0.00747. The number of amides is 1. The SMILES string of the molecule is CC(C)(C)OC(=O)Nc1ncc(C(=O)OC(C)(C)C)s1. The van der Waals surface area contributed by atoms with Gasteiger partial charge in [0.15, 0.2) is 5.13 Å². The molecule has 0 unspecified atom stereocenters.